The Balaban J connectivity index is 1.75. The minimum atomic E-state index is -4.20. The lowest BCUT2D eigenvalue weighted by atomic mass is 10.1. The minimum absolute atomic E-state index is 0.0652. The third-order valence-electron chi connectivity index (χ3n) is 6.39. The first-order valence-electron chi connectivity index (χ1n) is 12.7. The van der Waals surface area contributed by atoms with E-state index in [4.69, 9.17) is 21.6 Å². The van der Waals surface area contributed by atoms with Crippen LogP contribution in [-0.2, 0) is 31.0 Å². The number of sulfonamides is 1. The summed E-state index contributed by atoms with van der Waals surface area (Å²) in [6, 6.07) is 10.1. The predicted molar refractivity (Wildman–Crippen MR) is 148 cm³/mol. The average Bonchev–Trinajstić information content (AvgIpc) is 3.44. The predicted octanol–water partition coefficient (Wildman–Crippen LogP) is -0.601. The number of rotatable bonds is 13. The monoisotopic (exact) mass is 573 g/mol. The fraction of sp³-hybridized carbons (Fsp3) is 0.385. The van der Waals surface area contributed by atoms with Gasteiger partial charge in [-0.25, -0.2) is 8.42 Å². The van der Waals surface area contributed by atoms with Gasteiger partial charge in [0.15, 0.2) is 0 Å². The molecule has 0 aliphatic carbocycles. The number of carbonyl (C=O) groups is 3. The summed E-state index contributed by atoms with van der Waals surface area (Å²) in [5.74, 6) is -1.25. The summed E-state index contributed by atoms with van der Waals surface area (Å²) in [6.07, 6.45) is 0.453. The number of carbonyl (C=O) groups excluding carboxylic acids is 3. The van der Waals surface area contributed by atoms with Gasteiger partial charge in [-0.3, -0.25) is 19.8 Å². The van der Waals surface area contributed by atoms with E-state index in [0.29, 0.717) is 24.2 Å². The second-order valence-corrected chi connectivity index (χ2v) is 10.9. The van der Waals surface area contributed by atoms with Gasteiger partial charge in [0.2, 0.25) is 27.7 Å². The van der Waals surface area contributed by atoms with E-state index in [1.54, 1.807) is 24.3 Å². The summed E-state index contributed by atoms with van der Waals surface area (Å²) in [6.45, 7) is 0.751. The Bertz CT molecular complexity index is 1320. The lowest BCUT2D eigenvalue weighted by molar-refractivity contribution is -0.140. The topological polar surface area (TPSA) is 210 Å². The van der Waals surface area contributed by atoms with Gasteiger partial charge < -0.3 is 31.7 Å². The zero-order chi connectivity index (χ0) is 29.3. The number of likely N-dealkylation sites (tertiary alicyclic amines) is 1. The highest BCUT2D eigenvalue weighted by atomic mass is 32.2. The lowest BCUT2D eigenvalue weighted by Crippen LogP contribution is -2.54. The maximum absolute atomic E-state index is 13.6. The van der Waals surface area contributed by atoms with E-state index in [1.807, 2.05) is 0 Å². The number of methoxy groups -OCH3 is 1. The van der Waals surface area contributed by atoms with Crippen LogP contribution in [0.2, 0.25) is 0 Å². The largest absolute Gasteiger partial charge is 0.497 e. The smallest absolute Gasteiger partial charge is 0.243 e. The van der Waals surface area contributed by atoms with Crippen LogP contribution in [0.1, 0.15) is 30.4 Å². The molecule has 2 atom stereocenters. The highest BCUT2D eigenvalue weighted by Crippen LogP contribution is 2.21. The number of nitrogens with one attached hydrogen (secondary N) is 4. The maximum atomic E-state index is 13.6. The van der Waals surface area contributed by atoms with Crippen molar-refractivity contribution in [2.45, 2.75) is 42.8 Å². The summed E-state index contributed by atoms with van der Waals surface area (Å²) < 4.78 is 33.7. The molecule has 1 saturated heterocycles. The molecule has 1 heterocycles. The minimum Gasteiger partial charge on any atom is -0.497 e. The number of hydrogen-bond donors (Lipinski definition) is 6. The number of amidine groups is 1. The van der Waals surface area contributed by atoms with Crippen molar-refractivity contribution in [3.8, 4) is 5.75 Å². The van der Waals surface area contributed by atoms with Crippen LogP contribution in [0.4, 0.5) is 0 Å². The van der Waals surface area contributed by atoms with Crippen LogP contribution in [0.3, 0.4) is 0 Å². The van der Waals surface area contributed by atoms with Crippen molar-refractivity contribution >= 4 is 33.6 Å². The number of ether oxygens (including phenoxy) is 1. The van der Waals surface area contributed by atoms with E-state index in [2.05, 4.69) is 15.4 Å². The first-order valence-corrected chi connectivity index (χ1v) is 14.2. The fourth-order valence-electron chi connectivity index (χ4n) is 4.27. The zero-order valence-corrected chi connectivity index (χ0v) is 23.0. The molecule has 1 aliphatic rings. The van der Waals surface area contributed by atoms with Crippen LogP contribution in [0, 0.1) is 5.41 Å². The number of nitrogens with two attached hydrogens (primary N) is 2. The van der Waals surface area contributed by atoms with Gasteiger partial charge in [0.25, 0.3) is 0 Å². The van der Waals surface area contributed by atoms with Crippen LogP contribution < -0.4 is 31.6 Å². The van der Waals surface area contributed by atoms with E-state index >= 15 is 0 Å². The van der Waals surface area contributed by atoms with E-state index < -0.39 is 46.2 Å². The number of hydrogen-bond acceptors (Lipinski definition) is 8. The lowest BCUT2D eigenvalue weighted by Gasteiger charge is -2.28. The standard InChI is InChI=1S/C26H35N7O6S/c1-39-19-8-10-20(11-9-19)40(37,38)32-21(15-23(34)30-13-12-27)26(36)33-14-2-3-22(33)25(35)31-16-17-4-6-18(7-5-17)24(28)29/h4-11,21-22,32H,2-3,12-16,27H2,1H3,(H3,28,29)(H,30,34)(H,31,35)/t21-,22+/m1/s1. The molecule has 8 N–H and O–H groups in total. The van der Waals surface area contributed by atoms with E-state index in [-0.39, 0.29) is 36.9 Å². The summed E-state index contributed by atoms with van der Waals surface area (Å²) in [5, 5.41) is 12.8. The third kappa shape index (κ3) is 8.00. The number of nitrogens with zero attached hydrogens (tertiary/aromatic N) is 1. The van der Waals surface area contributed by atoms with Gasteiger partial charge in [-0.05, 0) is 42.7 Å². The van der Waals surface area contributed by atoms with Crippen molar-refractivity contribution < 1.29 is 27.5 Å². The van der Waals surface area contributed by atoms with E-state index in [9.17, 15) is 22.8 Å². The van der Waals surface area contributed by atoms with E-state index in [1.165, 1.54) is 36.3 Å². The van der Waals surface area contributed by atoms with Crippen molar-refractivity contribution in [3.63, 3.8) is 0 Å². The molecule has 40 heavy (non-hydrogen) atoms. The molecule has 1 aliphatic heterocycles. The molecule has 0 spiro atoms. The second-order valence-electron chi connectivity index (χ2n) is 9.21. The Morgan fingerprint density at radius 1 is 1.10 bits per heavy atom. The van der Waals surface area contributed by atoms with Crippen molar-refractivity contribution in [2.75, 3.05) is 26.7 Å². The van der Waals surface area contributed by atoms with Gasteiger partial charge in [-0.15, -0.1) is 0 Å². The molecular formula is C26H35N7O6S. The number of amides is 3. The van der Waals surface area contributed by atoms with Gasteiger partial charge >= 0.3 is 0 Å². The van der Waals surface area contributed by atoms with Crippen molar-refractivity contribution in [2.24, 2.45) is 11.5 Å². The summed E-state index contributed by atoms with van der Waals surface area (Å²) in [5.41, 5.74) is 12.2. The van der Waals surface area contributed by atoms with Gasteiger partial charge in [-0.1, -0.05) is 24.3 Å². The number of benzene rings is 2. The van der Waals surface area contributed by atoms with Gasteiger partial charge in [0, 0.05) is 31.7 Å². The summed E-state index contributed by atoms with van der Waals surface area (Å²) in [7, 11) is -2.75. The second kappa shape index (κ2) is 13.9. The molecule has 3 rings (SSSR count). The first-order chi connectivity index (χ1) is 19.1. The SMILES string of the molecule is COc1ccc(S(=O)(=O)N[C@H](CC(=O)NCCN)C(=O)N2CCC[C@H]2C(=O)NCc2ccc(C(=N)N)cc2)cc1. The number of nitrogen functional groups attached to an aromatic ring is 1. The summed E-state index contributed by atoms with van der Waals surface area (Å²) in [4.78, 5) is 40.4. The quantitative estimate of drug-likeness (QED) is 0.134. The van der Waals surface area contributed by atoms with Crippen LogP contribution in [0.25, 0.3) is 0 Å². The fourth-order valence-corrected chi connectivity index (χ4v) is 5.46. The highest BCUT2D eigenvalue weighted by Gasteiger charge is 2.39. The Kier molecular flexibility index (Phi) is 10.6. The van der Waals surface area contributed by atoms with Crippen molar-refractivity contribution in [1.29, 1.82) is 5.41 Å². The molecular weight excluding hydrogens is 538 g/mol. The molecule has 1 fully saturated rings. The highest BCUT2D eigenvalue weighted by molar-refractivity contribution is 7.89. The van der Waals surface area contributed by atoms with Crippen LogP contribution in [0.15, 0.2) is 53.4 Å². The average molecular weight is 574 g/mol. The van der Waals surface area contributed by atoms with Crippen molar-refractivity contribution in [1.82, 2.24) is 20.3 Å². The van der Waals surface area contributed by atoms with Crippen molar-refractivity contribution in [3.05, 3.63) is 59.7 Å². The van der Waals surface area contributed by atoms with Gasteiger partial charge in [-0.2, -0.15) is 4.72 Å². The molecule has 2 aromatic carbocycles. The van der Waals surface area contributed by atoms with Crippen LogP contribution in [0.5, 0.6) is 5.75 Å². The van der Waals surface area contributed by atoms with Crippen LogP contribution in [-0.4, -0.2) is 75.7 Å². The summed E-state index contributed by atoms with van der Waals surface area (Å²) >= 11 is 0. The Morgan fingerprint density at radius 2 is 1.77 bits per heavy atom. The maximum Gasteiger partial charge on any atom is 0.243 e. The van der Waals surface area contributed by atoms with Gasteiger partial charge in [0.05, 0.1) is 18.4 Å². The molecule has 216 valence electrons. The molecule has 0 aromatic heterocycles. The molecule has 13 nitrogen and oxygen atoms in total. The first kappa shape index (κ1) is 30.5. The Hall–Kier alpha value is -4.01. The molecule has 14 heteroatoms. The van der Waals surface area contributed by atoms with Crippen LogP contribution >= 0.6 is 0 Å². The molecule has 0 bridgehead atoms. The third-order valence-corrected chi connectivity index (χ3v) is 7.88. The Morgan fingerprint density at radius 3 is 2.38 bits per heavy atom. The zero-order valence-electron chi connectivity index (χ0n) is 22.2. The Labute approximate surface area is 233 Å². The molecule has 0 unspecified atom stereocenters. The molecule has 0 saturated carbocycles. The normalized spacial score (nSPS) is 15.8. The van der Waals surface area contributed by atoms with E-state index in [0.717, 1.165) is 5.56 Å². The molecule has 3 amide bonds. The van der Waals surface area contributed by atoms with Gasteiger partial charge in [0.1, 0.15) is 23.7 Å². The molecule has 0 radical (unpaired) electrons. The molecule has 2 aromatic rings.